The highest BCUT2D eigenvalue weighted by molar-refractivity contribution is 6.01. The minimum atomic E-state index is -0.682. The lowest BCUT2D eigenvalue weighted by molar-refractivity contribution is 0.0635. The number of aromatic nitrogens is 1. The van der Waals surface area contributed by atoms with E-state index in [0.717, 1.165) is 11.1 Å². The van der Waals surface area contributed by atoms with E-state index in [-0.39, 0.29) is 5.69 Å². The molecule has 5 heteroatoms. The van der Waals surface area contributed by atoms with E-state index in [1.807, 2.05) is 6.92 Å². The van der Waals surface area contributed by atoms with Crippen LogP contribution in [0, 0.1) is 12.7 Å². The molecule has 0 unspecified atom stereocenters. The fourth-order valence-corrected chi connectivity index (χ4v) is 1.91. The molecule has 0 fully saturated rings. The molecule has 0 aliphatic rings. The summed E-state index contributed by atoms with van der Waals surface area (Å²) < 4.78 is 19.1. The molecule has 106 valence electrons. The molecule has 0 saturated carbocycles. The summed E-state index contributed by atoms with van der Waals surface area (Å²) in [6.07, 6.45) is 0.899. The van der Waals surface area contributed by atoms with Crippen molar-refractivity contribution in [2.24, 2.45) is 0 Å². The molecule has 20 heavy (non-hydrogen) atoms. The van der Waals surface area contributed by atoms with Crippen LogP contribution >= 0.6 is 0 Å². The standard InChI is InChI=1S/C15H17FN2O2/c1-9-10-5-6-12(16)13(11(10)7-8-17-9)18-14(19)20-15(2,3)4/h5-8H,1-4H3,(H,18,19). The first-order chi connectivity index (χ1) is 9.28. The van der Waals surface area contributed by atoms with E-state index in [9.17, 15) is 9.18 Å². The summed E-state index contributed by atoms with van der Waals surface area (Å²) in [5.41, 5.74) is 0.250. The van der Waals surface area contributed by atoms with Crippen molar-refractivity contribution in [1.82, 2.24) is 4.98 Å². The SMILES string of the molecule is Cc1nccc2c(NC(=O)OC(C)(C)C)c(F)ccc12. The lowest BCUT2D eigenvalue weighted by atomic mass is 10.1. The highest BCUT2D eigenvalue weighted by Crippen LogP contribution is 2.28. The molecule has 1 heterocycles. The number of nitrogens with one attached hydrogen (secondary N) is 1. The monoisotopic (exact) mass is 276 g/mol. The van der Waals surface area contributed by atoms with Gasteiger partial charge in [0.05, 0.1) is 5.69 Å². The van der Waals surface area contributed by atoms with Crippen LogP contribution in [0.2, 0.25) is 0 Å². The number of benzene rings is 1. The maximum atomic E-state index is 14.0. The molecule has 1 N–H and O–H groups in total. The molecule has 0 radical (unpaired) electrons. The molecule has 2 aromatic rings. The topological polar surface area (TPSA) is 51.2 Å². The lowest BCUT2D eigenvalue weighted by Gasteiger charge is -2.20. The number of aryl methyl sites for hydroxylation is 1. The highest BCUT2D eigenvalue weighted by Gasteiger charge is 2.18. The first kappa shape index (κ1) is 14.2. The highest BCUT2D eigenvalue weighted by atomic mass is 19.1. The molecule has 0 aliphatic heterocycles. The number of ether oxygens (including phenoxy) is 1. The van der Waals surface area contributed by atoms with Crippen LogP contribution in [0.1, 0.15) is 26.5 Å². The number of carbonyl (C=O) groups excluding carboxylic acids is 1. The molecule has 2 rings (SSSR count). The van der Waals surface area contributed by atoms with Crippen molar-refractivity contribution >= 4 is 22.6 Å². The van der Waals surface area contributed by atoms with Crippen molar-refractivity contribution in [2.45, 2.75) is 33.3 Å². The minimum absolute atomic E-state index is 0.113. The fourth-order valence-electron chi connectivity index (χ4n) is 1.91. The van der Waals surface area contributed by atoms with E-state index in [2.05, 4.69) is 10.3 Å². The maximum Gasteiger partial charge on any atom is 0.412 e. The first-order valence-corrected chi connectivity index (χ1v) is 6.32. The Morgan fingerprint density at radius 3 is 2.60 bits per heavy atom. The van der Waals surface area contributed by atoms with Crippen molar-refractivity contribution in [2.75, 3.05) is 5.32 Å². The molecule has 0 atom stereocenters. The van der Waals surface area contributed by atoms with E-state index >= 15 is 0 Å². The number of hydrogen-bond acceptors (Lipinski definition) is 3. The third-order valence-corrected chi connectivity index (χ3v) is 2.72. The van der Waals surface area contributed by atoms with Crippen molar-refractivity contribution in [1.29, 1.82) is 0 Å². The Morgan fingerprint density at radius 1 is 1.25 bits per heavy atom. The van der Waals surface area contributed by atoms with Crippen LogP contribution in [0.3, 0.4) is 0 Å². The minimum Gasteiger partial charge on any atom is -0.444 e. The number of amides is 1. The Balaban J connectivity index is 2.41. The molecule has 1 amide bonds. The smallest absolute Gasteiger partial charge is 0.412 e. The Morgan fingerprint density at radius 2 is 1.95 bits per heavy atom. The van der Waals surface area contributed by atoms with Crippen LogP contribution in [0.25, 0.3) is 10.8 Å². The summed E-state index contributed by atoms with van der Waals surface area (Å²) in [4.78, 5) is 15.9. The summed E-state index contributed by atoms with van der Waals surface area (Å²) >= 11 is 0. The third kappa shape index (κ3) is 3.04. The largest absolute Gasteiger partial charge is 0.444 e. The second-order valence-corrected chi connectivity index (χ2v) is 5.54. The van der Waals surface area contributed by atoms with Crippen LogP contribution in [0.5, 0.6) is 0 Å². The Bertz CT molecular complexity index is 663. The molecular weight excluding hydrogens is 259 g/mol. The zero-order valence-electron chi connectivity index (χ0n) is 12.0. The van der Waals surface area contributed by atoms with Gasteiger partial charge < -0.3 is 4.74 Å². The van der Waals surface area contributed by atoms with Crippen LogP contribution < -0.4 is 5.32 Å². The quantitative estimate of drug-likeness (QED) is 0.855. The Labute approximate surface area is 117 Å². The predicted molar refractivity (Wildman–Crippen MR) is 76.3 cm³/mol. The number of halogens is 1. The molecule has 0 bridgehead atoms. The van der Waals surface area contributed by atoms with Gasteiger partial charge >= 0.3 is 6.09 Å². The summed E-state index contributed by atoms with van der Waals surface area (Å²) in [5, 5.41) is 3.86. The summed E-state index contributed by atoms with van der Waals surface area (Å²) in [6, 6.07) is 4.62. The van der Waals surface area contributed by atoms with Gasteiger partial charge in [-0.15, -0.1) is 0 Å². The fraction of sp³-hybridized carbons (Fsp3) is 0.333. The number of anilines is 1. The van der Waals surface area contributed by atoms with E-state index in [1.54, 1.807) is 39.1 Å². The Hall–Kier alpha value is -2.17. The van der Waals surface area contributed by atoms with Gasteiger partial charge in [0.1, 0.15) is 11.4 Å². The molecule has 0 saturated heterocycles. The van der Waals surface area contributed by atoms with Gasteiger partial charge in [0.2, 0.25) is 0 Å². The van der Waals surface area contributed by atoms with E-state index in [1.165, 1.54) is 6.07 Å². The van der Waals surface area contributed by atoms with Gasteiger partial charge in [-0.1, -0.05) is 0 Å². The number of hydrogen-bond donors (Lipinski definition) is 1. The average Bonchev–Trinajstić information content (AvgIpc) is 2.31. The number of pyridine rings is 1. The van der Waals surface area contributed by atoms with Gasteiger partial charge in [-0.25, -0.2) is 9.18 Å². The zero-order chi connectivity index (χ0) is 14.9. The van der Waals surface area contributed by atoms with Gasteiger partial charge in [0.25, 0.3) is 0 Å². The summed E-state index contributed by atoms with van der Waals surface area (Å²) in [7, 11) is 0. The van der Waals surface area contributed by atoms with Crippen molar-refractivity contribution in [3.05, 3.63) is 35.9 Å². The molecule has 0 spiro atoms. The van der Waals surface area contributed by atoms with Gasteiger partial charge in [0.15, 0.2) is 0 Å². The third-order valence-electron chi connectivity index (χ3n) is 2.72. The first-order valence-electron chi connectivity index (χ1n) is 6.32. The maximum absolute atomic E-state index is 14.0. The number of fused-ring (bicyclic) bond motifs is 1. The number of rotatable bonds is 1. The van der Waals surface area contributed by atoms with E-state index in [4.69, 9.17) is 4.74 Å². The second kappa shape index (κ2) is 5.07. The second-order valence-electron chi connectivity index (χ2n) is 5.54. The van der Waals surface area contributed by atoms with Crippen molar-refractivity contribution < 1.29 is 13.9 Å². The van der Waals surface area contributed by atoms with Crippen LogP contribution in [-0.4, -0.2) is 16.7 Å². The summed E-state index contributed by atoms with van der Waals surface area (Å²) in [5.74, 6) is -0.506. The molecular formula is C15H17FN2O2. The summed E-state index contributed by atoms with van der Waals surface area (Å²) in [6.45, 7) is 7.08. The molecule has 1 aromatic carbocycles. The Kier molecular flexibility index (Phi) is 3.61. The van der Waals surface area contributed by atoms with Crippen molar-refractivity contribution in [3.63, 3.8) is 0 Å². The van der Waals surface area contributed by atoms with Gasteiger partial charge in [-0.3, -0.25) is 10.3 Å². The molecule has 4 nitrogen and oxygen atoms in total. The normalized spacial score (nSPS) is 11.4. The zero-order valence-corrected chi connectivity index (χ0v) is 12.0. The van der Waals surface area contributed by atoms with Crippen LogP contribution in [-0.2, 0) is 4.74 Å². The lowest BCUT2D eigenvalue weighted by Crippen LogP contribution is -2.27. The van der Waals surface area contributed by atoms with Gasteiger partial charge in [-0.2, -0.15) is 0 Å². The van der Waals surface area contributed by atoms with E-state index in [0.29, 0.717) is 5.39 Å². The van der Waals surface area contributed by atoms with Crippen molar-refractivity contribution in [3.8, 4) is 0 Å². The van der Waals surface area contributed by atoms with Gasteiger partial charge in [-0.05, 0) is 45.9 Å². The van der Waals surface area contributed by atoms with Gasteiger partial charge in [0, 0.05) is 22.7 Å². The molecule has 0 aliphatic carbocycles. The predicted octanol–water partition coefficient (Wildman–Crippen LogP) is 4.03. The van der Waals surface area contributed by atoms with Crippen LogP contribution in [0.15, 0.2) is 24.4 Å². The number of nitrogens with zero attached hydrogens (tertiary/aromatic N) is 1. The van der Waals surface area contributed by atoms with E-state index < -0.39 is 17.5 Å². The number of carbonyl (C=O) groups is 1. The average molecular weight is 276 g/mol. The van der Waals surface area contributed by atoms with Crippen LogP contribution in [0.4, 0.5) is 14.9 Å². The molecule has 1 aromatic heterocycles.